The second kappa shape index (κ2) is 8.99. The summed E-state index contributed by atoms with van der Waals surface area (Å²) >= 11 is 3.58. The number of fused-ring (bicyclic) bond motifs is 2. The van der Waals surface area contributed by atoms with Crippen LogP contribution in [0, 0.1) is 0 Å². The molecule has 1 aliphatic rings. The van der Waals surface area contributed by atoms with Gasteiger partial charge in [-0.05, 0) is 53.4 Å². The molecule has 168 valence electrons. The van der Waals surface area contributed by atoms with Crippen LogP contribution in [0.3, 0.4) is 0 Å². The maximum Gasteiger partial charge on any atom is 0.197 e. The molecular formula is C24H23BrN6O2. The number of nitrogens with zero attached hydrogens (tertiary/aromatic N) is 6. The first-order valence-corrected chi connectivity index (χ1v) is 11.6. The van der Waals surface area contributed by atoms with Gasteiger partial charge in [0.15, 0.2) is 12.0 Å². The van der Waals surface area contributed by atoms with E-state index in [-0.39, 0.29) is 12.0 Å². The summed E-state index contributed by atoms with van der Waals surface area (Å²) in [6, 6.07) is 5.55. The molecular weight excluding hydrogens is 484 g/mol. The lowest BCUT2D eigenvalue weighted by molar-refractivity contribution is -0.0367. The Morgan fingerprint density at radius 3 is 2.91 bits per heavy atom. The first-order valence-electron chi connectivity index (χ1n) is 10.8. The van der Waals surface area contributed by atoms with Gasteiger partial charge >= 0.3 is 0 Å². The van der Waals surface area contributed by atoms with Gasteiger partial charge in [-0.3, -0.25) is 14.8 Å². The average Bonchev–Trinajstić information content (AvgIpc) is 3.28. The number of hydrogen-bond donors (Lipinski definition) is 0. The van der Waals surface area contributed by atoms with Crippen LogP contribution in [0.1, 0.15) is 41.4 Å². The fourth-order valence-electron chi connectivity index (χ4n) is 4.11. The van der Waals surface area contributed by atoms with Crippen molar-refractivity contribution in [1.29, 1.82) is 0 Å². The number of hydrogen-bond acceptors (Lipinski definition) is 6. The molecule has 1 aromatic carbocycles. The van der Waals surface area contributed by atoms with Crippen molar-refractivity contribution in [3.8, 4) is 0 Å². The molecule has 0 spiro atoms. The number of benzene rings is 1. The SMILES string of the molecule is CN(C)C=Nc1c(C(=O)c2cncc3c2cnn3C2CCCCO2)cc(Br)c2ncccc12. The lowest BCUT2D eigenvalue weighted by Crippen LogP contribution is -2.19. The zero-order chi connectivity index (χ0) is 22.9. The summed E-state index contributed by atoms with van der Waals surface area (Å²) in [7, 11) is 3.77. The number of pyridine rings is 2. The van der Waals surface area contributed by atoms with Crippen molar-refractivity contribution in [3.63, 3.8) is 0 Å². The molecule has 1 atom stereocenters. The Hall–Kier alpha value is -3.17. The fraction of sp³-hybridized carbons (Fsp3) is 0.292. The van der Waals surface area contributed by atoms with Crippen LogP contribution >= 0.6 is 15.9 Å². The molecule has 0 N–H and O–H groups in total. The van der Waals surface area contributed by atoms with E-state index in [1.807, 2.05) is 35.8 Å². The number of halogens is 1. The predicted molar refractivity (Wildman–Crippen MR) is 131 cm³/mol. The predicted octanol–water partition coefficient (Wildman–Crippen LogP) is 4.89. The fourth-order valence-corrected chi connectivity index (χ4v) is 4.66. The average molecular weight is 507 g/mol. The molecule has 1 aliphatic heterocycles. The van der Waals surface area contributed by atoms with Crippen LogP contribution < -0.4 is 0 Å². The Labute approximate surface area is 199 Å². The number of aliphatic imine (C=N–C) groups is 1. The third-order valence-corrected chi connectivity index (χ3v) is 6.28. The van der Waals surface area contributed by atoms with Crippen molar-refractivity contribution in [2.75, 3.05) is 20.7 Å². The van der Waals surface area contributed by atoms with Gasteiger partial charge in [0.1, 0.15) is 0 Å². The van der Waals surface area contributed by atoms with E-state index in [2.05, 4.69) is 36.0 Å². The highest BCUT2D eigenvalue weighted by atomic mass is 79.9. The van der Waals surface area contributed by atoms with E-state index in [4.69, 9.17) is 4.74 Å². The van der Waals surface area contributed by atoms with Gasteiger partial charge in [0.2, 0.25) is 0 Å². The topological polar surface area (TPSA) is 85.5 Å². The first kappa shape index (κ1) is 21.7. The summed E-state index contributed by atoms with van der Waals surface area (Å²) in [6.07, 6.45) is 11.4. The van der Waals surface area contributed by atoms with E-state index in [0.29, 0.717) is 23.4 Å². The molecule has 0 bridgehead atoms. The third kappa shape index (κ3) is 4.02. The van der Waals surface area contributed by atoms with Gasteiger partial charge < -0.3 is 9.64 Å². The van der Waals surface area contributed by atoms with Crippen molar-refractivity contribution in [2.24, 2.45) is 4.99 Å². The van der Waals surface area contributed by atoms with Gasteiger partial charge in [0, 0.05) is 48.3 Å². The lowest BCUT2D eigenvalue weighted by Gasteiger charge is -2.23. The summed E-state index contributed by atoms with van der Waals surface area (Å²) in [4.78, 5) is 29.2. The summed E-state index contributed by atoms with van der Waals surface area (Å²) in [5.41, 5.74) is 3.05. The van der Waals surface area contributed by atoms with Crippen LogP contribution in [0.2, 0.25) is 0 Å². The normalized spacial score (nSPS) is 16.6. The minimum Gasteiger partial charge on any atom is -0.369 e. The Kier molecular flexibility index (Phi) is 5.90. The Morgan fingerprint density at radius 1 is 1.24 bits per heavy atom. The maximum absolute atomic E-state index is 13.9. The smallest absolute Gasteiger partial charge is 0.197 e. The van der Waals surface area contributed by atoms with Gasteiger partial charge in [-0.2, -0.15) is 5.10 Å². The van der Waals surface area contributed by atoms with Crippen LogP contribution in [-0.2, 0) is 4.74 Å². The maximum atomic E-state index is 13.9. The molecule has 9 heteroatoms. The highest BCUT2D eigenvalue weighted by Gasteiger charge is 2.24. The number of rotatable bonds is 5. The van der Waals surface area contributed by atoms with E-state index in [1.54, 1.807) is 37.2 Å². The van der Waals surface area contributed by atoms with E-state index >= 15 is 0 Å². The van der Waals surface area contributed by atoms with Gasteiger partial charge in [-0.25, -0.2) is 9.67 Å². The zero-order valence-electron chi connectivity index (χ0n) is 18.4. The molecule has 1 unspecified atom stereocenters. The number of ketones is 1. The molecule has 0 saturated carbocycles. The van der Waals surface area contributed by atoms with Crippen molar-refractivity contribution in [2.45, 2.75) is 25.5 Å². The van der Waals surface area contributed by atoms with Crippen molar-refractivity contribution in [1.82, 2.24) is 24.6 Å². The standard InChI is InChI=1S/C24H23BrN6O2/c1-30(2)14-28-22-15-6-5-8-27-23(15)19(25)10-16(22)24(32)18-11-26-13-20-17(18)12-29-31(20)21-7-3-4-9-33-21/h5-6,8,10-14,21H,3-4,7,9H2,1-2H3. The minimum atomic E-state index is -0.172. The number of aromatic nitrogens is 4. The van der Waals surface area contributed by atoms with Crippen molar-refractivity contribution >= 4 is 55.5 Å². The summed E-state index contributed by atoms with van der Waals surface area (Å²) < 4.78 is 8.47. The second-order valence-corrected chi connectivity index (χ2v) is 9.08. The highest BCUT2D eigenvalue weighted by molar-refractivity contribution is 9.10. The molecule has 0 radical (unpaired) electrons. The molecule has 3 aromatic heterocycles. The van der Waals surface area contributed by atoms with Gasteiger partial charge in [0.05, 0.1) is 46.6 Å². The third-order valence-electron chi connectivity index (χ3n) is 5.68. The number of carbonyl (C=O) groups excluding carboxylic acids is 1. The lowest BCUT2D eigenvalue weighted by atomic mass is 9.98. The quantitative estimate of drug-likeness (QED) is 0.217. The highest BCUT2D eigenvalue weighted by Crippen LogP contribution is 2.36. The Balaban J connectivity index is 1.66. The molecule has 8 nitrogen and oxygen atoms in total. The first-order chi connectivity index (χ1) is 16.0. The Morgan fingerprint density at radius 2 is 2.12 bits per heavy atom. The van der Waals surface area contributed by atoms with Gasteiger partial charge in [-0.15, -0.1) is 0 Å². The summed E-state index contributed by atoms with van der Waals surface area (Å²) in [6.45, 7) is 0.713. The molecule has 5 rings (SSSR count). The minimum absolute atomic E-state index is 0.135. The summed E-state index contributed by atoms with van der Waals surface area (Å²) in [5, 5.41) is 6.09. The van der Waals surface area contributed by atoms with Crippen LogP contribution in [0.5, 0.6) is 0 Å². The largest absolute Gasteiger partial charge is 0.369 e. The van der Waals surface area contributed by atoms with Gasteiger partial charge in [0.25, 0.3) is 0 Å². The molecule has 4 aromatic rings. The molecule has 33 heavy (non-hydrogen) atoms. The van der Waals surface area contributed by atoms with Crippen molar-refractivity contribution < 1.29 is 9.53 Å². The second-order valence-electron chi connectivity index (χ2n) is 8.22. The van der Waals surface area contributed by atoms with Gasteiger partial charge in [-0.1, -0.05) is 0 Å². The zero-order valence-corrected chi connectivity index (χ0v) is 20.0. The van der Waals surface area contributed by atoms with E-state index < -0.39 is 0 Å². The van der Waals surface area contributed by atoms with E-state index in [9.17, 15) is 4.79 Å². The van der Waals surface area contributed by atoms with E-state index in [1.165, 1.54) is 0 Å². The van der Waals surface area contributed by atoms with E-state index in [0.717, 1.165) is 45.5 Å². The molecule has 0 amide bonds. The number of ether oxygens (including phenoxy) is 1. The molecule has 1 fully saturated rings. The molecule has 4 heterocycles. The van der Waals surface area contributed by atoms with Crippen LogP contribution in [0.15, 0.2) is 52.5 Å². The van der Waals surface area contributed by atoms with Crippen LogP contribution in [-0.4, -0.2) is 57.5 Å². The van der Waals surface area contributed by atoms with Crippen molar-refractivity contribution in [3.05, 3.63) is 58.6 Å². The van der Waals surface area contributed by atoms with Crippen LogP contribution in [0.4, 0.5) is 5.69 Å². The molecule has 1 saturated heterocycles. The monoisotopic (exact) mass is 506 g/mol. The summed E-state index contributed by atoms with van der Waals surface area (Å²) in [5.74, 6) is -0.172. The number of carbonyl (C=O) groups is 1. The molecule has 0 aliphatic carbocycles. The Bertz CT molecular complexity index is 1370. The van der Waals surface area contributed by atoms with Crippen LogP contribution in [0.25, 0.3) is 21.8 Å².